The first kappa shape index (κ1) is 13.0. The molecule has 0 unspecified atom stereocenters. The van der Waals surface area contributed by atoms with Crippen molar-refractivity contribution in [2.45, 2.75) is 0 Å². The summed E-state index contributed by atoms with van der Waals surface area (Å²) < 4.78 is 1.19. The SMILES string of the molecule is Clc1cccc(-c2ncsc2-c2ccc3ncsc3c2)c1. The second kappa shape index (κ2) is 5.22. The largest absolute Gasteiger partial charge is 0.245 e. The number of fused-ring (bicyclic) bond motifs is 1. The van der Waals surface area contributed by atoms with Crippen LogP contribution in [0.4, 0.5) is 0 Å². The number of halogens is 1. The van der Waals surface area contributed by atoms with Crippen LogP contribution in [0.3, 0.4) is 0 Å². The van der Waals surface area contributed by atoms with E-state index in [0.29, 0.717) is 0 Å². The monoisotopic (exact) mass is 328 g/mol. The fourth-order valence-electron chi connectivity index (χ4n) is 2.29. The van der Waals surface area contributed by atoms with Gasteiger partial charge in [0.15, 0.2) is 0 Å². The molecule has 21 heavy (non-hydrogen) atoms. The second-order valence-corrected chi connectivity index (χ2v) is 6.75. The highest BCUT2D eigenvalue weighted by atomic mass is 35.5. The van der Waals surface area contributed by atoms with Crippen LogP contribution in [0.1, 0.15) is 0 Å². The number of aromatic nitrogens is 2. The van der Waals surface area contributed by atoms with Crippen LogP contribution in [-0.4, -0.2) is 9.97 Å². The van der Waals surface area contributed by atoms with Crippen molar-refractivity contribution in [3.63, 3.8) is 0 Å². The fraction of sp³-hybridized carbons (Fsp3) is 0. The van der Waals surface area contributed by atoms with E-state index in [9.17, 15) is 0 Å². The standard InChI is InChI=1S/C16H9ClN2S2/c17-12-3-1-2-10(6-12)15-16(21-9-19-15)11-4-5-13-14(7-11)20-8-18-13/h1-9H. The lowest BCUT2D eigenvalue weighted by Crippen LogP contribution is -1.82. The normalized spacial score (nSPS) is 11.1. The Labute approximate surface area is 134 Å². The Kier molecular flexibility index (Phi) is 3.22. The zero-order valence-corrected chi connectivity index (χ0v) is 13.2. The van der Waals surface area contributed by atoms with Gasteiger partial charge in [-0.3, -0.25) is 0 Å². The van der Waals surface area contributed by atoms with Crippen LogP contribution in [0.2, 0.25) is 5.02 Å². The number of nitrogens with zero attached hydrogens (tertiary/aromatic N) is 2. The van der Waals surface area contributed by atoms with Gasteiger partial charge in [-0.25, -0.2) is 9.97 Å². The van der Waals surface area contributed by atoms with Crippen molar-refractivity contribution in [3.8, 4) is 21.7 Å². The molecule has 0 aliphatic heterocycles. The van der Waals surface area contributed by atoms with Crippen LogP contribution < -0.4 is 0 Å². The van der Waals surface area contributed by atoms with Crippen LogP contribution in [0, 0.1) is 0 Å². The Balaban J connectivity index is 1.88. The minimum Gasteiger partial charge on any atom is -0.245 e. The van der Waals surface area contributed by atoms with E-state index in [2.05, 4.69) is 28.2 Å². The van der Waals surface area contributed by atoms with Gasteiger partial charge in [-0.2, -0.15) is 0 Å². The second-order valence-electron chi connectivity index (χ2n) is 4.58. The molecule has 0 atom stereocenters. The Bertz CT molecular complexity index is 927. The third-order valence-electron chi connectivity index (χ3n) is 3.26. The molecule has 0 amide bonds. The molecule has 0 aliphatic rings. The van der Waals surface area contributed by atoms with E-state index in [1.54, 1.807) is 22.7 Å². The number of hydrogen-bond acceptors (Lipinski definition) is 4. The molecule has 4 rings (SSSR count). The Morgan fingerprint density at radius 1 is 0.857 bits per heavy atom. The quantitative estimate of drug-likeness (QED) is 0.469. The van der Waals surface area contributed by atoms with Crippen molar-refractivity contribution < 1.29 is 0 Å². The molecule has 2 nitrogen and oxygen atoms in total. The van der Waals surface area contributed by atoms with Gasteiger partial charge in [-0.05, 0) is 29.8 Å². The summed E-state index contributed by atoms with van der Waals surface area (Å²) in [7, 11) is 0. The molecule has 2 heterocycles. The van der Waals surface area contributed by atoms with Crippen molar-refractivity contribution in [3.05, 3.63) is 58.5 Å². The van der Waals surface area contributed by atoms with E-state index < -0.39 is 0 Å². The lowest BCUT2D eigenvalue weighted by atomic mass is 10.1. The van der Waals surface area contributed by atoms with Crippen molar-refractivity contribution in [2.24, 2.45) is 0 Å². The number of hydrogen-bond donors (Lipinski definition) is 0. The summed E-state index contributed by atoms with van der Waals surface area (Å²) >= 11 is 9.39. The van der Waals surface area contributed by atoms with Crippen molar-refractivity contribution in [1.82, 2.24) is 9.97 Å². The summed E-state index contributed by atoms with van der Waals surface area (Å²) in [6, 6.07) is 14.1. The van der Waals surface area contributed by atoms with Gasteiger partial charge in [0.25, 0.3) is 0 Å². The third-order valence-corrected chi connectivity index (χ3v) is 5.16. The zero-order chi connectivity index (χ0) is 14.2. The summed E-state index contributed by atoms with van der Waals surface area (Å²) in [6.45, 7) is 0. The van der Waals surface area contributed by atoms with E-state index in [-0.39, 0.29) is 0 Å². The Morgan fingerprint density at radius 3 is 2.67 bits per heavy atom. The molecule has 2 aromatic carbocycles. The van der Waals surface area contributed by atoms with E-state index in [1.165, 1.54) is 10.3 Å². The molecular formula is C16H9ClN2S2. The molecule has 102 valence electrons. The topological polar surface area (TPSA) is 25.8 Å². The summed E-state index contributed by atoms with van der Waals surface area (Å²) in [5, 5.41) is 0.726. The van der Waals surface area contributed by atoms with Gasteiger partial charge in [0.05, 0.1) is 31.8 Å². The van der Waals surface area contributed by atoms with Crippen molar-refractivity contribution in [1.29, 1.82) is 0 Å². The van der Waals surface area contributed by atoms with Gasteiger partial charge in [-0.15, -0.1) is 22.7 Å². The molecule has 0 spiro atoms. The summed E-state index contributed by atoms with van der Waals surface area (Å²) in [5.41, 5.74) is 7.98. The van der Waals surface area contributed by atoms with Gasteiger partial charge in [0.1, 0.15) is 0 Å². The molecule has 0 saturated carbocycles. The maximum atomic E-state index is 6.09. The predicted molar refractivity (Wildman–Crippen MR) is 91.2 cm³/mol. The van der Waals surface area contributed by atoms with Gasteiger partial charge in [-0.1, -0.05) is 29.8 Å². The van der Waals surface area contributed by atoms with Crippen molar-refractivity contribution >= 4 is 44.5 Å². The Hall–Kier alpha value is -1.75. The molecule has 0 fully saturated rings. The zero-order valence-electron chi connectivity index (χ0n) is 10.8. The average molecular weight is 329 g/mol. The summed E-state index contributed by atoms with van der Waals surface area (Å²) in [6.07, 6.45) is 0. The van der Waals surface area contributed by atoms with Crippen LogP contribution in [0.15, 0.2) is 53.5 Å². The molecule has 0 saturated heterocycles. The maximum Gasteiger partial charge on any atom is 0.0890 e. The first-order valence-corrected chi connectivity index (χ1v) is 8.48. The van der Waals surface area contributed by atoms with Crippen LogP contribution in [-0.2, 0) is 0 Å². The molecule has 0 aliphatic carbocycles. The van der Waals surface area contributed by atoms with Gasteiger partial charge in [0.2, 0.25) is 0 Å². The summed E-state index contributed by atoms with van der Waals surface area (Å²) in [5.74, 6) is 0. The minimum absolute atomic E-state index is 0.726. The fourth-order valence-corrected chi connectivity index (χ4v) is 4.00. The molecule has 2 aromatic heterocycles. The first-order chi connectivity index (χ1) is 10.3. The van der Waals surface area contributed by atoms with E-state index in [1.807, 2.05) is 35.3 Å². The Morgan fingerprint density at radius 2 is 1.76 bits per heavy atom. The van der Waals surface area contributed by atoms with Crippen molar-refractivity contribution in [2.75, 3.05) is 0 Å². The molecule has 0 bridgehead atoms. The van der Waals surface area contributed by atoms with E-state index in [4.69, 9.17) is 11.6 Å². The lowest BCUT2D eigenvalue weighted by Gasteiger charge is -2.04. The number of benzene rings is 2. The highest BCUT2D eigenvalue weighted by Crippen LogP contribution is 2.37. The average Bonchev–Trinajstić information content (AvgIpc) is 3.15. The summed E-state index contributed by atoms with van der Waals surface area (Å²) in [4.78, 5) is 10.0. The minimum atomic E-state index is 0.726. The number of rotatable bonds is 2. The van der Waals surface area contributed by atoms with Crippen LogP contribution in [0.25, 0.3) is 31.9 Å². The first-order valence-electron chi connectivity index (χ1n) is 6.34. The van der Waals surface area contributed by atoms with E-state index in [0.717, 1.165) is 26.7 Å². The molecular weight excluding hydrogens is 320 g/mol. The molecule has 0 N–H and O–H groups in total. The highest BCUT2D eigenvalue weighted by molar-refractivity contribution is 7.17. The molecule has 4 aromatic rings. The highest BCUT2D eigenvalue weighted by Gasteiger charge is 2.12. The number of thiazole rings is 2. The predicted octanol–water partition coefficient (Wildman–Crippen LogP) is 5.74. The molecule has 0 radical (unpaired) electrons. The van der Waals surface area contributed by atoms with Gasteiger partial charge >= 0.3 is 0 Å². The third kappa shape index (κ3) is 2.35. The lowest BCUT2D eigenvalue weighted by molar-refractivity contribution is 1.41. The van der Waals surface area contributed by atoms with Crippen LogP contribution >= 0.6 is 34.3 Å². The van der Waals surface area contributed by atoms with Crippen LogP contribution in [0.5, 0.6) is 0 Å². The van der Waals surface area contributed by atoms with Gasteiger partial charge < -0.3 is 0 Å². The maximum absolute atomic E-state index is 6.09. The van der Waals surface area contributed by atoms with E-state index >= 15 is 0 Å². The smallest absolute Gasteiger partial charge is 0.0890 e. The van der Waals surface area contributed by atoms with Gasteiger partial charge in [0, 0.05) is 10.6 Å². The molecule has 5 heteroatoms.